The first-order valence-corrected chi connectivity index (χ1v) is 8.11. The molecule has 1 saturated heterocycles. The summed E-state index contributed by atoms with van der Waals surface area (Å²) < 4.78 is 5.54. The van der Waals surface area contributed by atoms with Gasteiger partial charge in [0.05, 0.1) is 5.92 Å². The monoisotopic (exact) mass is 349 g/mol. The van der Waals surface area contributed by atoms with Crippen molar-refractivity contribution in [1.82, 2.24) is 15.2 Å². The van der Waals surface area contributed by atoms with Gasteiger partial charge in [-0.2, -0.15) is 0 Å². The molecule has 1 N–H and O–H groups in total. The summed E-state index contributed by atoms with van der Waals surface area (Å²) >= 11 is 0. The van der Waals surface area contributed by atoms with Crippen molar-refractivity contribution < 1.29 is 14.0 Å². The van der Waals surface area contributed by atoms with Crippen LogP contribution in [0.1, 0.15) is 28.6 Å². The van der Waals surface area contributed by atoms with Crippen LogP contribution in [0.5, 0.6) is 0 Å². The first-order chi connectivity index (χ1) is 12.7. The van der Waals surface area contributed by atoms with Crippen LogP contribution in [0.2, 0.25) is 0 Å². The molecule has 1 aliphatic rings. The van der Waals surface area contributed by atoms with Crippen molar-refractivity contribution in [3.05, 3.63) is 66.3 Å². The highest BCUT2D eigenvalue weighted by Crippen LogP contribution is 2.31. The van der Waals surface area contributed by atoms with Gasteiger partial charge in [-0.05, 0) is 24.3 Å². The molecule has 0 spiro atoms. The summed E-state index contributed by atoms with van der Waals surface area (Å²) in [6, 6.07) is 12.6. The van der Waals surface area contributed by atoms with Crippen LogP contribution >= 0.6 is 0 Å². The van der Waals surface area contributed by atoms with Crippen molar-refractivity contribution in [1.29, 1.82) is 0 Å². The number of pyridine rings is 1. The Kier molecular flexibility index (Phi) is 4.14. The van der Waals surface area contributed by atoms with E-state index < -0.39 is 0 Å². The molecule has 2 amide bonds. The lowest BCUT2D eigenvalue weighted by Gasteiger charge is -2.15. The Morgan fingerprint density at radius 3 is 2.65 bits per heavy atom. The largest absolute Gasteiger partial charge is 0.407 e. The Morgan fingerprint density at radius 1 is 1.12 bits per heavy atom. The number of carbonyl (C=O) groups excluding carboxylic acids is 2. The molecular weight excluding hydrogens is 334 g/mol. The average molecular weight is 349 g/mol. The van der Waals surface area contributed by atoms with E-state index in [1.54, 1.807) is 17.0 Å². The summed E-state index contributed by atoms with van der Waals surface area (Å²) in [7, 11) is 0. The lowest BCUT2D eigenvalue weighted by molar-refractivity contribution is -0.117. The van der Waals surface area contributed by atoms with E-state index in [1.807, 2.05) is 30.3 Å². The maximum absolute atomic E-state index is 12.3. The standard InChI is InChI=1S/C18H15N5O3/c24-15-10-13(11-23(15)14-4-2-1-3-5-14)17-21-22-18(26-17)20-16(25)12-6-8-19-9-7-12/h1-9,13H,10-11H2,(H,20,22,25). The molecule has 1 fully saturated rings. The highest BCUT2D eigenvalue weighted by Gasteiger charge is 2.35. The molecule has 1 atom stereocenters. The number of carbonyl (C=O) groups is 2. The third-order valence-electron chi connectivity index (χ3n) is 4.15. The molecule has 26 heavy (non-hydrogen) atoms. The van der Waals surface area contributed by atoms with E-state index >= 15 is 0 Å². The first-order valence-electron chi connectivity index (χ1n) is 8.11. The minimum absolute atomic E-state index is 0.00164. The van der Waals surface area contributed by atoms with Crippen molar-refractivity contribution in [3.8, 4) is 0 Å². The number of nitrogens with zero attached hydrogens (tertiary/aromatic N) is 4. The Labute approximate surface area is 148 Å². The topological polar surface area (TPSA) is 101 Å². The smallest absolute Gasteiger partial charge is 0.322 e. The molecule has 130 valence electrons. The number of amides is 2. The number of hydrogen-bond donors (Lipinski definition) is 1. The van der Waals surface area contributed by atoms with Crippen molar-refractivity contribution >= 4 is 23.5 Å². The molecule has 0 aliphatic carbocycles. The van der Waals surface area contributed by atoms with Gasteiger partial charge in [-0.15, -0.1) is 5.10 Å². The summed E-state index contributed by atoms with van der Waals surface area (Å²) in [4.78, 5) is 30.0. The lowest BCUT2D eigenvalue weighted by atomic mass is 10.1. The highest BCUT2D eigenvalue weighted by molar-refractivity contribution is 6.03. The van der Waals surface area contributed by atoms with E-state index in [0.717, 1.165) is 5.69 Å². The van der Waals surface area contributed by atoms with Crippen LogP contribution in [-0.2, 0) is 4.79 Å². The van der Waals surface area contributed by atoms with Gasteiger partial charge in [0, 0.05) is 36.6 Å². The molecule has 8 heteroatoms. The molecule has 1 aliphatic heterocycles. The van der Waals surface area contributed by atoms with Gasteiger partial charge >= 0.3 is 6.01 Å². The Hall–Kier alpha value is -3.55. The fourth-order valence-corrected chi connectivity index (χ4v) is 2.85. The molecule has 1 unspecified atom stereocenters. The number of aromatic nitrogens is 3. The zero-order valence-electron chi connectivity index (χ0n) is 13.7. The number of rotatable bonds is 4. The zero-order valence-corrected chi connectivity index (χ0v) is 13.7. The van der Waals surface area contributed by atoms with Crippen LogP contribution in [0.4, 0.5) is 11.7 Å². The third kappa shape index (κ3) is 3.16. The molecule has 2 aromatic heterocycles. The summed E-state index contributed by atoms with van der Waals surface area (Å²) in [6.07, 6.45) is 3.34. The van der Waals surface area contributed by atoms with E-state index in [4.69, 9.17) is 4.42 Å². The van der Waals surface area contributed by atoms with Gasteiger partial charge in [0.2, 0.25) is 11.8 Å². The zero-order chi connectivity index (χ0) is 17.9. The fraction of sp³-hybridized carbons (Fsp3) is 0.167. The normalized spacial score (nSPS) is 16.7. The number of nitrogens with one attached hydrogen (secondary N) is 1. The van der Waals surface area contributed by atoms with Crippen LogP contribution in [0, 0.1) is 0 Å². The molecule has 1 aromatic carbocycles. The molecular formula is C18H15N5O3. The van der Waals surface area contributed by atoms with Crippen molar-refractivity contribution in [2.75, 3.05) is 16.8 Å². The Morgan fingerprint density at radius 2 is 1.88 bits per heavy atom. The average Bonchev–Trinajstić information content (AvgIpc) is 3.30. The van der Waals surface area contributed by atoms with Crippen LogP contribution in [0.25, 0.3) is 0 Å². The van der Waals surface area contributed by atoms with Crippen molar-refractivity contribution in [2.45, 2.75) is 12.3 Å². The predicted octanol–water partition coefficient (Wildman–Crippen LogP) is 2.24. The summed E-state index contributed by atoms with van der Waals surface area (Å²) in [5, 5.41) is 10.4. The first kappa shape index (κ1) is 15.9. The Bertz CT molecular complexity index is 926. The van der Waals surface area contributed by atoms with Crippen LogP contribution in [0.15, 0.2) is 59.3 Å². The third-order valence-corrected chi connectivity index (χ3v) is 4.15. The second-order valence-electron chi connectivity index (χ2n) is 5.88. The maximum Gasteiger partial charge on any atom is 0.322 e. The van der Waals surface area contributed by atoms with Gasteiger partial charge in [-0.25, -0.2) is 0 Å². The quantitative estimate of drug-likeness (QED) is 0.775. The number of anilines is 2. The van der Waals surface area contributed by atoms with E-state index in [2.05, 4.69) is 20.5 Å². The molecule has 0 saturated carbocycles. The van der Waals surface area contributed by atoms with Gasteiger partial charge in [0.1, 0.15) is 0 Å². The van der Waals surface area contributed by atoms with Crippen LogP contribution in [-0.4, -0.2) is 33.5 Å². The second kappa shape index (κ2) is 6.75. The number of benzene rings is 1. The van der Waals surface area contributed by atoms with Gasteiger partial charge in [0.15, 0.2) is 0 Å². The lowest BCUT2D eigenvalue weighted by Crippen LogP contribution is -2.24. The Balaban J connectivity index is 1.45. The minimum atomic E-state index is -0.365. The van der Waals surface area contributed by atoms with Crippen molar-refractivity contribution in [2.24, 2.45) is 0 Å². The second-order valence-corrected chi connectivity index (χ2v) is 5.88. The molecule has 0 bridgehead atoms. The summed E-state index contributed by atoms with van der Waals surface area (Å²) in [5.41, 5.74) is 1.27. The number of para-hydroxylation sites is 1. The molecule has 4 rings (SSSR count). The minimum Gasteiger partial charge on any atom is -0.407 e. The van der Waals surface area contributed by atoms with Crippen LogP contribution in [0.3, 0.4) is 0 Å². The fourth-order valence-electron chi connectivity index (χ4n) is 2.85. The van der Waals surface area contributed by atoms with Gasteiger partial charge in [-0.1, -0.05) is 23.3 Å². The van der Waals surface area contributed by atoms with E-state index in [0.29, 0.717) is 18.0 Å². The van der Waals surface area contributed by atoms with E-state index in [-0.39, 0.29) is 30.2 Å². The van der Waals surface area contributed by atoms with E-state index in [1.165, 1.54) is 12.4 Å². The molecule has 0 radical (unpaired) electrons. The SMILES string of the molecule is O=C(Nc1nnc(C2CC(=O)N(c3ccccc3)C2)o1)c1ccncc1. The predicted molar refractivity (Wildman–Crippen MR) is 92.6 cm³/mol. The van der Waals surface area contributed by atoms with Crippen molar-refractivity contribution in [3.63, 3.8) is 0 Å². The summed E-state index contributed by atoms with van der Waals surface area (Å²) in [5.74, 6) is -0.235. The number of hydrogen-bond acceptors (Lipinski definition) is 6. The van der Waals surface area contributed by atoms with Crippen LogP contribution < -0.4 is 10.2 Å². The molecule has 3 aromatic rings. The highest BCUT2D eigenvalue weighted by atomic mass is 16.4. The van der Waals surface area contributed by atoms with Gasteiger partial charge in [-0.3, -0.25) is 19.9 Å². The van der Waals surface area contributed by atoms with E-state index in [9.17, 15) is 9.59 Å². The van der Waals surface area contributed by atoms with Gasteiger partial charge < -0.3 is 9.32 Å². The molecule has 3 heterocycles. The summed E-state index contributed by atoms with van der Waals surface area (Å²) in [6.45, 7) is 0.461. The van der Waals surface area contributed by atoms with Gasteiger partial charge in [0.25, 0.3) is 5.91 Å². The molecule has 8 nitrogen and oxygen atoms in total. The maximum atomic E-state index is 12.3.